The van der Waals surface area contributed by atoms with Crippen LogP contribution in [0.5, 0.6) is 5.75 Å². The third-order valence-corrected chi connectivity index (χ3v) is 7.16. The molecule has 1 atom stereocenters. The van der Waals surface area contributed by atoms with Crippen LogP contribution in [0.15, 0.2) is 42.6 Å². The molecule has 10 heteroatoms. The van der Waals surface area contributed by atoms with Gasteiger partial charge in [0.1, 0.15) is 22.8 Å². The number of carbonyl (C=O) groups excluding carboxylic acids is 1. The summed E-state index contributed by atoms with van der Waals surface area (Å²) >= 11 is 1.61. The molecule has 2 aromatic heterocycles. The third kappa shape index (κ3) is 4.55. The van der Waals surface area contributed by atoms with Crippen molar-refractivity contribution in [2.45, 2.75) is 19.4 Å². The molecular weight excluding hydrogens is 481 g/mol. The van der Waals surface area contributed by atoms with Gasteiger partial charge in [-0.15, -0.1) is 11.3 Å². The summed E-state index contributed by atoms with van der Waals surface area (Å²) in [6.45, 7) is 4.14. The first-order chi connectivity index (χ1) is 17.5. The number of aromatic nitrogens is 3. The molecule has 5 rings (SSSR count). The molecule has 186 valence electrons. The number of hydrogen-bond acceptors (Lipinski definition) is 9. The summed E-state index contributed by atoms with van der Waals surface area (Å²) < 4.78 is 26.6. The molecule has 1 fully saturated rings. The predicted octanol–water partition coefficient (Wildman–Crippen LogP) is 3.80. The quantitative estimate of drug-likeness (QED) is 0.377. The molecule has 3 heterocycles. The molecule has 0 spiro atoms. The van der Waals surface area contributed by atoms with Gasteiger partial charge in [-0.1, -0.05) is 12.1 Å². The van der Waals surface area contributed by atoms with E-state index < -0.39 is 5.82 Å². The number of morpholine rings is 1. The number of nitrogens with two attached hydrogens (primary N) is 1. The normalized spacial score (nSPS) is 15.9. The molecule has 2 N–H and O–H groups in total. The summed E-state index contributed by atoms with van der Waals surface area (Å²) in [5.41, 5.74) is 8.99. The van der Waals surface area contributed by atoms with E-state index in [9.17, 15) is 9.18 Å². The summed E-state index contributed by atoms with van der Waals surface area (Å²) in [5, 5.41) is 0.951. The lowest BCUT2D eigenvalue weighted by Crippen LogP contribution is -2.50. The van der Waals surface area contributed by atoms with Crippen molar-refractivity contribution in [3.05, 3.63) is 64.7 Å². The fourth-order valence-corrected chi connectivity index (χ4v) is 5.36. The molecule has 2 aromatic carbocycles. The van der Waals surface area contributed by atoms with E-state index in [0.717, 1.165) is 26.5 Å². The van der Waals surface area contributed by atoms with Gasteiger partial charge in [0.15, 0.2) is 11.6 Å². The van der Waals surface area contributed by atoms with E-state index in [1.165, 1.54) is 19.4 Å². The SMILES string of the molecule is COc1cccc(F)c1-c1nccc(C(=O)Cc2ccc3sc(C)nc3c2N2CCOC[C@@H]2CN)n1. The first-order valence-electron chi connectivity index (χ1n) is 11.6. The molecule has 0 aliphatic carbocycles. The minimum absolute atomic E-state index is 0.0145. The molecule has 36 heavy (non-hydrogen) atoms. The van der Waals surface area contributed by atoms with Crippen LogP contribution in [0.3, 0.4) is 0 Å². The Kier molecular flexibility index (Phi) is 6.90. The Morgan fingerprint density at radius 1 is 1.28 bits per heavy atom. The summed E-state index contributed by atoms with van der Waals surface area (Å²) in [6.07, 6.45) is 1.56. The maximum atomic E-state index is 14.6. The number of nitrogens with zero attached hydrogens (tertiary/aromatic N) is 4. The molecule has 4 aromatic rings. The van der Waals surface area contributed by atoms with E-state index in [2.05, 4.69) is 14.9 Å². The molecule has 0 bridgehead atoms. The molecule has 8 nitrogen and oxygen atoms in total. The van der Waals surface area contributed by atoms with Crippen molar-refractivity contribution in [1.29, 1.82) is 0 Å². The second-order valence-electron chi connectivity index (χ2n) is 8.49. The number of methoxy groups -OCH3 is 1. The molecule has 1 aliphatic heterocycles. The molecular formula is C26H26FN5O3S. The van der Waals surface area contributed by atoms with Gasteiger partial charge in [-0.05, 0) is 36.8 Å². The fourth-order valence-electron chi connectivity index (χ4n) is 4.53. The zero-order valence-corrected chi connectivity index (χ0v) is 20.8. The van der Waals surface area contributed by atoms with Gasteiger partial charge in [-0.2, -0.15) is 0 Å². The first-order valence-corrected chi connectivity index (χ1v) is 12.4. The van der Waals surface area contributed by atoms with Crippen LogP contribution < -0.4 is 15.4 Å². The molecule has 0 radical (unpaired) electrons. The number of carbonyl (C=O) groups is 1. The number of benzene rings is 2. The van der Waals surface area contributed by atoms with Crippen LogP contribution in [0.2, 0.25) is 0 Å². The number of ketones is 1. The zero-order chi connectivity index (χ0) is 25.2. The Bertz CT molecular complexity index is 1430. The van der Waals surface area contributed by atoms with E-state index in [-0.39, 0.29) is 35.3 Å². The van der Waals surface area contributed by atoms with Gasteiger partial charge in [0.2, 0.25) is 0 Å². The van der Waals surface area contributed by atoms with Crippen molar-refractivity contribution in [2.75, 3.05) is 38.3 Å². The second kappa shape index (κ2) is 10.3. The van der Waals surface area contributed by atoms with Crippen molar-refractivity contribution in [2.24, 2.45) is 5.73 Å². The van der Waals surface area contributed by atoms with E-state index in [1.54, 1.807) is 29.5 Å². The number of aryl methyl sites for hydroxylation is 1. The van der Waals surface area contributed by atoms with Gasteiger partial charge in [-0.3, -0.25) is 4.79 Å². The van der Waals surface area contributed by atoms with Crippen LogP contribution in [0.1, 0.15) is 21.1 Å². The van der Waals surface area contributed by atoms with Crippen LogP contribution >= 0.6 is 11.3 Å². The monoisotopic (exact) mass is 507 g/mol. The van der Waals surface area contributed by atoms with Gasteiger partial charge in [0, 0.05) is 25.7 Å². The second-order valence-corrected chi connectivity index (χ2v) is 9.73. The molecule has 0 amide bonds. The van der Waals surface area contributed by atoms with Crippen molar-refractivity contribution >= 4 is 33.0 Å². The lowest BCUT2D eigenvalue weighted by Gasteiger charge is -2.38. The van der Waals surface area contributed by atoms with Gasteiger partial charge >= 0.3 is 0 Å². The highest BCUT2D eigenvalue weighted by Crippen LogP contribution is 2.36. The van der Waals surface area contributed by atoms with Crippen molar-refractivity contribution in [3.63, 3.8) is 0 Å². The van der Waals surface area contributed by atoms with E-state index >= 15 is 0 Å². The topological polar surface area (TPSA) is 103 Å². The number of fused-ring (bicyclic) bond motifs is 1. The molecule has 1 aliphatic rings. The number of ether oxygens (including phenoxy) is 2. The summed E-state index contributed by atoms with van der Waals surface area (Å²) in [7, 11) is 1.45. The summed E-state index contributed by atoms with van der Waals surface area (Å²) in [5.74, 6) is -0.339. The highest BCUT2D eigenvalue weighted by Gasteiger charge is 2.28. The molecule has 0 saturated carbocycles. The molecule has 0 unspecified atom stereocenters. The largest absolute Gasteiger partial charge is 0.496 e. The van der Waals surface area contributed by atoms with Gasteiger partial charge in [0.25, 0.3) is 0 Å². The Morgan fingerprint density at radius 3 is 2.94 bits per heavy atom. The van der Waals surface area contributed by atoms with Gasteiger partial charge in [-0.25, -0.2) is 19.3 Å². The van der Waals surface area contributed by atoms with Crippen LogP contribution in [-0.4, -0.2) is 60.2 Å². The Balaban J connectivity index is 1.53. The first kappa shape index (κ1) is 24.2. The van der Waals surface area contributed by atoms with Crippen LogP contribution in [-0.2, 0) is 11.2 Å². The fraction of sp³-hybridized carbons (Fsp3) is 0.308. The zero-order valence-electron chi connectivity index (χ0n) is 20.0. The van der Waals surface area contributed by atoms with Crippen LogP contribution in [0.25, 0.3) is 21.6 Å². The van der Waals surface area contributed by atoms with E-state index in [0.29, 0.717) is 32.1 Å². The number of anilines is 1. The Hall–Kier alpha value is -3.47. The standard InChI is InChI=1S/C26H26FN5O3S/c1-15-30-24-22(36-15)7-6-16(25(24)32-10-11-35-14-17(32)13-28)12-20(33)19-8-9-29-26(31-19)23-18(27)4-3-5-21(23)34-2/h3-9,17H,10-14,28H2,1-2H3/t17-/m0/s1. The van der Waals surface area contributed by atoms with Gasteiger partial charge in [0.05, 0.1) is 47.3 Å². The maximum Gasteiger partial charge on any atom is 0.185 e. The van der Waals surface area contributed by atoms with E-state index in [1.807, 2.05) is 19.1 Å². The van der Waals surface area contributed by atoms with Crippen LogP contribution in [0, 0.1) is 12.7 Å². The lowest BCUT2D eigenvalue weighted by atomic mass is 10.0. The Morgan fingerprint density at radius 2 is 2.14 bits per heavy atom. The minimum Gasteiger partial charge on any atom is -0.496 e. The van der Waals surface area contributed by atoms with E-state index in [4.69, 9.17) is 20.2 Å². The average Bonchev–Trinajstić information content (AvgIpc) is 3.28. The van der Waals surface area contributed by atoms with Gasteiger partial charge < -0.3 is 20.1 Å². The maximum absolute atomic E-state index is 14.6. The lowest BCUT2D eigenvalue weighted by molar-refractivity contribution is 0.0960. The number of hydrogen-bond donors (Lipinski definition) is 1. The highest BCUT2D eigenvalue weighted by atomic mass is 32.1. The van der Waals surface area contributed by atoms with Crippen molar-refractivity contribution in [3.8, 4) is 17.1 Å². The third-order valence-electron chi connectivity index (χ3n) is 6.22. The van der Waals surface area contributed by atoms with Crippen LogP contribution in [0.4, 0.5) is 10.1 Å². The number of halogens is 1. The summed E-state index contributed by atoms with van der Waals surface area (Å²) in [6, 6.07) is 9.98. The summed E-state index contributed by atoms with van der Waals surface area (Å²) in [4.78, 5) is 29.1. The Labute approximate surface area is 211 Å². The highest BCUT2D eigenvalue weighted by molar-refractivity contribution is 7.18. The average molecular weight is 508 g/mol. The number of Topliss-reactive ketones (excluding diaryl/α,β-unsaturated/α-hetero) is 1. The molecule has 1 saturated heterocycles. The smallest absolute Gasteiger partial charge is 0.185 e. The number of rotatable bonds is 7. The number of thiazole rings is 1. The van der Waals surface area contributed by atoms with Crippen molar-refractivity contribution < 1.29 is 18.7 Å². The minimum atomic E-state index is -0.522. The predicted molar refractivity (Wildman–Crippen MR) is 137 cm³/mol. The van der Waals surface area contributed by atoms with Crippen molar-refractivity contribution in [1.82, 2.24) is 15.0 Å².